The SMILES string of the molecule is CCCCSC(C)c1ncc(-c2ccc(B(OC)OC(C)(C)C(C)C)cc2)[nH]1. The molecule has 0 saturated carbocycles. The lowest BCUT2D eigenvalue weighted by molar-refractivity contribution is 0.0372. The van der Waals surface area contributed by atoms with E-state index in [1.54, 1.807) is 7.11 Å². The highest BCUT2D eigenvalue weighted by atomic mass is 32.2. The van der Waals surface area contributed by atoms with E-state index in [0.29, 0.717) is 11.2 Å². The van der Waals surface area contributed by atoms with Gasteiger partial charge in [-0.25, -0.2) is 4.98 Å². The van der Waals surface area contributed by atoms with Crippen LogP contribution in [0.2, 0.25) is 0 Å². The Bertz CT molecular complexity index is 716. The van der Waals surface area contributed by atoms with Crippen molar-refractivity contribution in [3.8, 4) is 11.3 Å². The smallest absolute Gasteiger partial charge is 0.410 e. The second kappa shape index (κ2) is 10.5. The summed E-state index contributed by atoms with van der Waals surface area (Å²) >= 11 is 1.95. The summed E-state index contributed by atoms with van der Waals surface area (Å²) in [5.41, 5.74) is 2.92. The number of hydrogen-bond donors (Lipinski definition) is 1. The van der Waals surface area contributed by atoms with Crippen molar-refractivity contribution < 1.29 is 9.31 Å². The Morgan fingerprint density at radius 1 is 1.18 bits per heavy atom. The van der Waals surface area contributed by atoms with Gasteiger partial charge in [0.2, 0.25) is 0 Å². The largest absolute Gasteiger partial charge is 0.494 e. The zero-order chi connectivity index (χ0) is 20.7. The predicted molar refractivity (Wildman–Crippen MR) is 122 cm³/mol. The molecule has 1 aromatic heterocycles. The van der Waals surface area contributed by atoms with E-state index in [4.69, 9.17) is 9.31 Å². The number of nitrogens with one attached hydrogen (secondary N) is 1. The minimum atomic E-state index is -0.376. The van der Waals surface area contributed by atoms with Crippen LogP contribution in [-0.2, 0) is 9.31 Å². The molecule has 1 atom stereocenters. The summed E-state index contributed by atoms with van der Waals surface area (Å²) in [6.45, 7) is 13.0. The maximum absolute atomic E-state index is 6.22. The van der Waals surface area contributed by atoms with Gasteiger partial charge in [-0.3, -0.25) is 0 Å². The molecule has 1 heterocycles. The van der Waals surface area contributed by atoms with E-state index >= 15 is 0 Å². The molecule has 0 fully saturated rings. The summed E-state index contributed by atoms with van der Waals surface area (Å²) < 4.78 is 11.8. The van der Waals surface area contributed by atoms with Gasteiger partial charge in [0.05, 0.1) is 22.7 Å². The van der Waals surface area contributed by atoms with E-state index in [0.717, 1.165) is 22.5 Å². The van der Waals surface area contributed by atoms with Crippen LogP contribution >= 0.6 is 11.8 Å². The number of unbranched alkanes of at least 4 members (excludes halogenated alkanes) is 1. The van der Waals surface area contributed by atoms with E-state index in [1.807, 2.05) is 18.0 Å². The Hall–Kier alpha value is -1.24. The summed E-state index contributed by atoms with van der Waals surface area (Å²) in [6.07, 6.45) is 4.41. The molecule has 0 aliphatic heterocycles. The van der Waals surface area contributed by atoms with Crippen LogP contribution in [0.25, 0.3) is 11.3 Å². The number of H-pyrrole nitrogens is 1. The standard InChI is InChI=1S/C22H35BN2O2S/c1-8-9-14-28-17(4)21-24-15-20(25-21)18-10-12-19(13-11-18)23(26-7)27-22(5,6)16(2)3/h10-13,15-17H,8-9,14H2,1-7H3,(H,24,25). The summed E-state index contributed by atoms with van der Waals surface area (Å²) in [6, 6.07) is 8.33. The number of thioether (sulfide) groups is 1. The lowest BCUT2D eigenvalue weighted by Crippen LogP contribution is -2.45. The van der Waals surface area contributed by atoms with Crippen molar-refractivity contribution in [1.82, 2.24) is 9.97 Å². The van der Waals surface area contributed by atoms with Gasteiger partial charge in [-0.05, 0) is 49.9 Å². The van der Waals surface area contributed by atoms with Gasteiger partial charge in [-0.1, -0.05) is 51.5 Å². The van der Waals surface area contributed by atoms with Gasteiger partial charge in [-0.15, -0.1) is 0 Å². The number of imidazole rings is 1. The molecular formula is C22H35BN2O2S. The fraction of sp³-hybridized carbons (Fsp3) is 0.591. The van der Waals surface area contributed by atoms with Crippen LogP contribution in [0.4, 0.5) is 0 Å². The number of rotatable bonds is 11. The van der Waals surface area contributed by atoms with Crippen molar-refractivity contribution in [2.45, 2.75) is 65.2 Å². The van der Waals surface area contributed by atoms with Crippen molar-refractivity contribution in [1.29, 1.82) is 0 Å². The first-order valence-corrected chi connectivity index (χ1v) is 11.3. The van der Waals surface area contributed by atoms with Crippen molar-refractivity contribution >= 4 is 24.3 Å². The van der Waals surface area contributed by atoms with E-state index in [1.165, 1.54) is 18.6 Å². The molecule has 4 nitrogen and oxygen atoms in total. The molecule has 1 N–H and O–H groups in total. The molecule has 2 aromatic rings. The first-order chi connectivity index (χ1) is 13.3. The zero-order valence-corrected chi connectivity index (χ0v) is 19.2. The second-order valence-electron chi connectivity index (χ2n) is 8.11. The van der Waals surface area contributed by atoms with Crippen LogP contribution in [0.3, 0.4) is 0 Å². The quantitative estimate of drug-likeness (QED) is 0.400. The molecular weight excluding hydrogens is 367 g/mol. The average molecular weight is 402 g/mol. The van der Waals surface area contributed by atoms with Gasteiger partial charge in [-0.2, -0.15) is 11.8 Å². The Morgan fingerprint density at radius 3 is 2.43 bits per heavy atom. The second-order valence-corrected chi connectivity index (χ2v) is 9.56. The maximum Gasteiger partial charge on any atom is 0.494 e. The molecule has 0 aliphatic rings. The van der Waals surface area contributed by atoms with Gasteiger partial charge in [0.1, 0.15) is 5.82 Å². The first-order valence-electron chi connectivity index (χ1n) is 10.3. The number of aromatic nitrogens is 2. The molecule has 1 aromatic carbocycles. The normalized spacial score (nSPS) is 13.1. The molecule has 0 amide bonds. The van der Waals surface area contributed by atoms with E-state index in [9.17, 15) is 0 Å². The highest BCUT2D eigenvalue weighted by Crippen LogP contribution is 2.28. The van der Waals surface area contributed by atoms with Crippen LogP contribution in [0, 0.1) is 5.92 Å². The summed E-state index contributed by atoms with van der Waals surface area (Å²) in [5.74, 6) is 2.61. The number of aromatic amines is 1. The summed E-state index contributed by atoms with van der Waals surface area (Å²) in [4.78, 5) is 8.06. The molecule has 6 heteroatoms. The highest BCUT2D eigenvalue weighted by Gasteiger charge is 2.31. The van der Waals surface area contributed by atoms with Gasteiger partial charge in [0.15, 0.2) is 0 Å². The van der Waals surface area contributed by atoms with Crippen LogP contribution in [-0.4, -0.2) is 35.6 Å². The number of nitrogens with zero attached hydrogens (tertiary/aromatic N) is 1. The minimum Gasteiger partial charge on any atom is -0.410 e. The molecule has 154 valence electrons. The molecule has 0 saturated heterocycles. The van der Waals surface area contributed by atoms with Crippen LogP contribution in [0.5, 0.6) is 0 Å². The van der Waals surface area contributed by atoms with E-state index < -0.39 is 0 Å². The molecule has 0 spiro atoms. The number of hydrogen-bond acceptors (Lipinski definition) is 4. The highest BCUT2D eigenvalue weighted by molar-refractivity contribution is 7.99. The summed E-state index contributed by atoms with van der Waals surface area (Å²) in [5, 5.41) is 0.379. The molecule has 0 bridgehead atoms. The van der Waals surface area contributed by atoms with Gasteiger partial charge >= 0.3 is 7.12 Å². The average Bonchev–Trinajstić information content (AvgIpc) is 3.16. The molecule has 28 heavy (non-hydrogen) atoms. The molecule has 2 rings (SSSR count). The minimum absolute atomic E-state index is 0.261. The Labute approximate surface area is 175 Å². The molecule has 0 aliphatic carbocycles. The Morgan fingerprint density at radius 2 is 1.86 bits per heavy atom. The topological polar surface area (TPSA) is 47.1 Å². The molecule has 0 radical (unpaired) electrons. The number of benzene rings is 1. The Kier molecular flexibility index (Phi) is 8.66. The Balaban J connectivity index is 2.07. The summed E-state index contributed by atoms with van der Waals surface area (Å²) in [7, 11) is 1.31. The van der Waals surface area contributed by atoms with Crippen molar-refractivity contribution in [2.24, 2.45) is 5.92 Å². The van der Waals surface area contributed by atoms with Crippen molar-refractivity contribution in [3.63, 3.8) is 0 Å². The predicted octanol–water partition coefficient (Wildman–Crippen LogP) is 5.46. The first kappa shape index (κ1) is 23.0. The fourth-order valence-corrected chi connectivity index (χ4v) is 3.74. The maximum atomic E-state index is 6.22. The van der Waals surface area contributed by atoms with Gasteiger partial charge in [0.25, 0.3) is 0 Å². The third-order valence-electron chi connectivity index (χ3n) is 5.36. The zero-order valence-electron chi connectivity index (χ0n) is 18.4. The lowest BCUT2D eigenvalue weighted by atomic mass is 9.76. The van der Waals surface area contributed by atoms with Gasteiger partial charge in [0, 0.05) is 7.11 Å². The van der Waals surface area contributed by atoms with Crippen LogP contribution in [0.1, 0.15) is 65.5 Å². The van der Waals surface area contributed by atoms with Crippen molar-refractivity contribution in [2.75, 3.05) is 12.9 Å². The monoisotopic (exact) mass is 402 g/mol. The van der Waals surface area contributed by atoms with Gasteiger partial charge < -0.3 is 14.3 Å². The molecule has 1 unspecified atom stereocenters. The lowest BCUT2D eigenvalue weighted by Gasteiger charge is -2.32. The third kappa shape index (κ3) is 6.13. The van der Waals surface area contributed by atoms with Crippen LogP contribution < -0.4 is 5.46 Å². The van der Waals surface area contributed by atoms with E-state index in [-0.39, 0.29) is 12.7 Å². The van der Waals surface area contributed by atoms with Crippen molar-refractivity contribution in [3.05, 3.63) is 36.3 Å². The van der Waals surface area contributed by atoms with Crippen LogP contribution in [0.15, 0.2) is 30.5 Å². The third-order valence-corrected chi connectivity index (χ3v) is 6.60. The fourth-order valence-electron chi connectivity index (χ4n) is 2.66. The van der Waals surface area contributed by atoms with E-state index in [2.05, 4.69) is 75.8 Å².